The lowest BCUT2D eigenvalue weighted by atomic mass is 9.89. The molecule has 86 valence electrons. The molecule has 0 bridgehead atoms. The molecule has 0 aromatic carbocycles. The first-order chi connectivity index (χ1) is 7.40. The highest BCUT2D eigenvalue weighted by Crippen LogP contribution is 2.28. The van der Waals surface area contributed by atoms with Crippen molar-refractivity contribution in [2.75, 3.05) is 13.2 Å². The van der Waals surface area contributed by atoms with Crippen LogP contribution in [0.1, 0.15) is 44.9 Å². The number of hydrogen-bond donors (Lipinski definition) is 1. The standard InChI is InChI=1S/C12H22N2O/c13-8-4-7-11-9-15-12(14-11)10-5-2-1-3-6-10/h10-11H,1-9,13H2. The van der Waals surface area contributed by atoms with Gasteiger partial charge in [0.2, 0.25) is 0 Å². The van der Waals surface area contributed by atoms with Gasteiger partial charge in [-0.15, -0.1) is 0 Å². The minimum Gasteiger partial charge on any atom is -0.478 e. The van der Waals surface area contributed by atoms with Crippen LogP contribution in [0.15, 0.2) is 4.99 Å². The molecule has 1 unspecified atom stereocenters. The van der Waals surface area contributed by atoms with Crippen molar-refractivity contribution < 1.29 is 4.74 Å². The van der Waals surface area contributed by atoms with Gasteiger partial charge < -0.3 is 10.5 Å². The number of hydrogen-bond acceptors (Lipinski definition) is 3. The number of rotatable bonds is 4. The first-order valence-electron chi connectivity index (χ1n) is 6.30. The molecule has 1 saturated carbocycles. The van der Waals surface area contributed by atoms with E-state index in [1.165, 1.54) is 32.1 Å². The quantitative estimate of drug-likeness (QED) is 0.772. The van der Waals surface area contributed by atoms with Crippen LogP contribution in [0.3, 0.4) is 0 Å². The maximum absolute atomic E-state index is 5.71. The van der Waals surface area contributed by atoms with Crippen LogP contribution in [-0.2, 0) is 4.74 Å². The number of ether oxygens (including phenoxy) is 1. The van der Waals surface area contributed by atoms with Crippen molar-refractivity contribution in [1.82, 2.24) is 0 Å². The van der Waals surface area contributed by atoms with Crippen molar-refractivity contribution in [3.8, 4) is 0 Å². The molecule has 1 aliphatic carbocycles. The van der Waals surface area contributed by atoms with Crippen molar-refractivity contribution in [3.63, 3.8) is 0 Å². The molecule has 0 aromatic heterocycles. The predicted octanol–water partition coefficient (Wildman–Crippen LogP) is 2.10. The first-order valence-corrected chi connectivity index (χ1v) is 6.30. The van der Waals surface area contributed by atoms with E-state index in [0.29, 0.717) is 12.0 Å². The first kappa shape index (κ1) is 10.9. The third kappa shape index (κ3) is 2.94. The predicted molar refractivity (Wildman–Crippen MR) is 62.0 cm³/mol. The Bertz CT molecular complexity index is 222. The summed E-state index contributed by atoms with van der Waals surface area (Å²) in [6.45, 7) is 1.57. The van der Waals surface area contributed by atoms with Crippen LogP contribution in [0.2, 0.25) is 0 Å². The number of aliphatic imine (C=N–C) groups is 1. The van der Waals surface area contributed by atoms with Gasteiger partial charge in [0.05, 0.1) is 6.04 Å². The Balaban J connectivity index is 1.82. The Morgan fingerprint density at radius 3 is 2.80 bits per heavy atom. The molecule has 0 aromatic rings. The summed E-state index contributed by atoms with van der Waals surface area (Å²) in [6.07, 6.45) is 8.80. The summed E-state index contributed by atoms with van der Waals surface area (Å²) in [4.78, 5) is 4.69. The van der Waals surface area contributed by atoms with Crippen LogP contribution in [-0.4, -0.2) is 25.1 Å². The minimum atomic E-state index is 0.394. The molecule has 2 rings (SSSR count). The smallest absolute Gasteiger partial charge is 0.186 e. The molecule has 1 atom stereocenters. The van der Waals surface area contributed by atoms with E-state index in [9.17, 15) is 0 Å². The van der Waals surface area contributed by atoms with E-state index in [0.717, 1.165) is 31.9 Å². The molecule has 1 heterocycles. The highest BCUT2D eigenvalue weighted by molar-refractivity contribution is 5.80. The SMILES string of the molecule is NCCCC1COC(C2CCCCC2)=N1. The summed E-state index contributed by atoms with van der Waals surface area (Å²) in [5, 5.41) is 0. The van der Waals surface area contributed by atoms with Gasteiger partial charge in [-0.1, -0.05) is 19.3 Å². The van der Waals surface area contributed by atoms with Gasteiger partial charge in [-0.3, -0.25) is 0 Å². The molecular weight excluding hydrogens is 188 g/mol. The molecule has 15 heavy (non-hydrogen) atoms. The maximum Gasteiger partial charge on any atom is 0.186 e. The molecule has 0 saturated heterocycles. The molecule has 1 aliphatic heterocycles. The van der Waals surface area contributed by atoms with E-state index < -0.39 is 0 Å². The summed E-state index contributed by atoms with van der Waals surface area (Å²) in [5.41, 5.74) is 5.49. The Hall–Kier alpha value is -0.570. The van der Waals surface area contributed by atoms with Gasteiger partial charge in [-0.2, -0.15) is 0 Å². The fourth-order valence-corrected chi connectivity index (χ4v) is 2.51. The van der Waals surface area contributed by atoms with Crippen LogP contribution in [0.4, 0.5) is 0 Å². The molecule has 2 N–H and O–H groups in total. The van der Waals surface area contributed by atoms with E-state index in [4.69, 9.17) is 10.5 Å². The van der Waals surface area contributed by atoms with Crippen molar-refractivity contribution in [3.05, 3.63) is 0 Å². The van der Waals surface area contributed by atoms with Crippen molar-refractivity contribution in [2.45, 2.75) is 51.0 Å². The average Bonchev–Trinajstić information content (AvgIpc) is 2.76. The molecule has 0 spiro atoms. The van der Waals surface area contributed by atoms with Gasteiger partial charge in [0, 0.05) is 5.92 Å². The third-order valence-electron chi connectivity index (χ3n) is 3.43. The lowest BCUT2D eigenvalue weighted by molar-refractivity contribution is 0.277. The fraction of sp³-hybridized carbons (Fsp3) is 0.917. The summed E-state index contributed by atoms with van der Waals surface area (Å²) in [6, 6.07) is 0.394. The number of nitrogens with zero attached hydrogens (tertiary/aromatic N) is 1. The van der Waals surface area contributed by atoms with E-state index in [1.54, 1.807) is 0 Å². The Kier molecular flexibility index (Phi) is 4.01. The largest absolute Gasteiger partial charge is 0.478 e. The van der Waals surface area contributed by atoms with Gasteiger partial charge in [-0.25, -0.2) is 4.99 Å². The fourth-order valence-electron chi connectivity index (χ4n) is 2.51. The Morgan fingerprint density at radius 2 is 2.07 bits per heavy atom. The van der Waals surface area contributed by atoms with Crippen LogP contribution in [0.5, 0.6) is 0 Å². The van der Waals surface area contributed by atoms with Crippen LogP contribution in [0, 0.1) is 5.92 Å². The van der Waals surface area contributed by atoms with Gasteiger partial charge in [-0.05, 0) is 32.2 Å². The van der Waals surface area contributed by atoms with Gasteiger partial charge in [0.15, 0.2) is 5.90 Å². The third-order valence-corrected chi connectivity index (χ3v) is 3.43. The van der Waals surface area contributed by atoms with Gasteiger partial charge >= 0.3 is 0 Å². The van der Waals surface area contributed by atoms with Crippen LogP contribution < -0.4 is 5.73 Å². The number of nitrogens with two attached hydrogens (primary N) is 1. The molecule has 1 fully saturated rings. The molecule has 2 aliphatic rings. The zero-order chi connectivity index (χ0) is 10.5. The molecule has 3 heteroatoms. The maximum atomic E-state index is 5.71. The zero-order valence-electron chi connectivity index (χ0n) is 9.45. The lowest BCUT2D eigenvalue weighted by Gasteiger charge is -2.20. The molecule has 3 nitrogen and oxygen atoms in total. The molecule has 0 amide bonds. The van der Waals surface area contributed by atoms with E-state index >= 15 is 0 Å². The highest BCUT2D eigenvalue weighted by atomic mass is 16.5. The Labute approximate surface area is 92.1 Å². The highest BCUT2D eigenvalue weighted by Gasteiger charge is 2.26. The normalized spacial score (nSPS) is 27.5. The summed E-state index contributed by atoms with van der Waals surface area (Å²) < 4.78 is 5.71. The van der Waals surface area contributed by atoms with Gasteiger partial charge in [0.1, 0.15) is 6.61 Å². The van der Waals surface area contributed by atoms with Crippen LogP contribution >= 0.6 is 0 Å². The van der Waals surface area contributed by atoms with Crippen molar-refractivity contribution in [2.24, 2.45) is 16.6 Å². The Morgan fingerprint density at radius 1 is 1.27 bits per heavy atom. The van der Waals surface area contributed by atoms with Gasteiger partial charge in [0.25, 0.3) is 0 Å². The van der Waals surface area contributed by atoms with E-state index in [2.05, 4.69) is 4.99 Å². The zero-order valence-corrected chi connectivity index (χ0v) is 9.45. The second-order valence-corrected chi connectivity index (χ2v) is 4.70. The summed E-state index contributed by atoms with van der Waals surface area (Å²) in [7, 11) is 0. The lowest BCUT2D eigenvalue weighted by Crippen LogP contribution is -2.17. The second kappa shape index (κ2) is 5.50. The summed E-state index contributed by atoms with van der Waals surface area (Å²) >= 11 is 0. The van der Waals surface area contributed by atoms with Crippen LogP contribution in [0.25, 0.3) is 0 Å². The second-order valence-electron chi connectivity index (χ2n) is 4.70. The topological polar surface area (TPSA) is 47.6 Å². The van der Waals surface area contributed by atoms with E-state index in [1.807, 2.05) is 0 Å². The minimum absolute atomic E-state index is 0.394. The van der Waals surface area contributed by atoms with Crippen molar-refractivity contribution >= 4 is 5.90 Å². The summed E-state index contributed by atoms with van der Waals surface area (Å²) in [5.74, 6) is 1.68. The average molecular weight is 210 g/mol. The monoisotopic (exact) mass is 210 g/mol. The van der Waals surface area contributed by atoms with Crippen molar-refractivity contribution in [1.29, 1.82) is 0 Å². The molecular formula is C12H22N2O. The molecule has 0 radical (unpaired) electrons. The van der Waals surface area contributed by atoms with E-state index in [-0.39, 0.29) is 0 Å².